The molecule has 0 bridgehead atoms. The summed E-state index contributed by atoms with van der Waals surface area (Å²) in [7, 11) is 1.63. The van der Waals surface area contributed by atoms with Gasteiger partial charge in [-0.05, 0) is 42.9 Å². The molecular formula is C21H22N2O4S2. The van der Waals surface area contributed by atoms with Gasteiger partial charge in [-0.3, -0.25) is 4.79 Å². The number of carboxylic acids is 1. The second-order valence-corrected chi connectivity index (χ2v) is 9.21. The summed E-state index contributed by atoms with van der Waals surface area (Å²) in [5.74, 6) is 0.324. The second-order valence-electron chi connectivity index (χ2n) is 7.01. The topological polar surface area (TPSA) is 100 Å². The normalized spacial score (nSPS) is 21.1. The molecule has 1 heterocycles. The van der Waals surface area contributed by atoms with Crippen molar-refractivity contribution in [3.8, 4) is 11.8 Å². The molecule has 1 fully saturated rings. The number of rotatable bonds is 9. The highest BCUT2D eigenvalue weighted by Gasteiger charge is 2.41. The van der Waals surface area contributed by atoms with Gasteiger partial charge in [0, 0.05) is 23.5 Å². The summed E-state index contributed by atoms with van der Waals surface area (Å²) in [4.78, 5) is 27.6. The smallest absolute Gasteiger partial charge is 0.355 e. The number of benzene rings is 1. The molecule has 1 unspecified atom stereocenters. The van der Waals surface area contributed by atoms with Crippen LogP contribution in [0.2, 0.25) is 0 Å². The van der Waals surface area contributed by atoms with Gasteiger partial charge in [0.25, 0.3) is 0 Å². The number of thiazole rings is 1. The fraction of sp³-hybridized carbons (Fsp3) is 0.429. The Hall–Kier alpha value is -2.37. The lowest BCUT2D eigenvalue weighted by atomic mass is 9.84. The van der Waals surface area contributed by atoms with Crippen molar-refractivity contribution in [2.75, 3.05) is 12.9 Å². The molecule has 0 saturated heterocycles. The monoisotopic (exact) mass is 430 g/mol. The minimum absolute atomic E-state index is 0.0320. The number of methoxy groups -OCH3 is 1. The van der Waals surface area contributed by atoms with E-state index in [2.05, 4.69) is 11.1 Å². The van der Waals surface area contributed by atoms with Gasteiger partial charge in [-0.25, -0.2) is 9.78 Å². The van der Waals surface area contributed by atoms with Crippen molar-refractivity contribution in [2.24, 2.45) is 17.8 Å². The van der Waals surface area contributed by atoms with Crippen LogP contribution < -0.4 is 4.74 Å². The van der Waals surface area contributed by atoms with Gasteiger partial charge in [-0.1, -0.05) is 23.9 Å². The number of aromatic nitrogens is 1. The van der Waals surface area contributed by atoms with E-state index in [1.807, 2.05) is 24.3 Å². The molecule has 1 aliphatic rings. The van der Waals surface area contributed by atoms with Crippen molar-refractivity contribution in [1.29, 1.82) is 5.26 Å². The Morgan fingerprint density at radius 1 is 1.45 bits per heavy atom. The highest BCUT2D eigenvalue weighted by Crippen LogP contribution is 2.40. The highest BCUT2D eigenvalue weighted by molar-refractivity contribution is 8.01. The van der Waals surface area contributed by atoms with Crippen molar-refractivity contribution in [2.45, 2.75) is 30.0 Å². The summed E-state index contributed by atoms with van der Waals surface area (Å²) < 4.78 is 5.96. The summed E-state index contributed by atoms with van der Waals surface area (Å²) >= 11 is 2.79. The maximum Gasteiger partial charge on any atom is 0.355 e. The van der Waals surface area contributed by atoms with Crippen LogP contribution in [0.4, 0.5) is 0 Å². The number of aryl methyl sites for hydroxylation is 1. The number of hydrogen-bond acceptors (Lipinski definition) is 7. The van der Waals surface area contributed by atoms with E-state index in [0.29, 0.717) is 16.5 Å². The second kappa shape index (κ2) is 9.90. The molecule has 1 N–H and O–H groups in total. The first kappa shape index (κ1) is 21.3. The first-order valence-electron chi connectivity index (χ1n) is 9.38. The quantitative estimate of drug-likeness (QED) is 0.592. The number of hydrogen-bond donors (Lipinski definition) is 1. The van der Waals surface area contributed by atoms with Crippen molar-refractivity contribution in [3.05, 3.63) is 40.9 Å². The van der Waals surface area contributed by atoms with Crippen molar-refractivity contribution in [1.82, 2.24) is 4.98 Å². The number of ether oxygens (including phenoxy) is 1. The molecular weight excluding hydrogens is 408 g/mol. The number of nitrogens with zero attached hydrogens (tertiary/aromatic N) is 2. The van der Waals surface area contributed by atoms with Gasteiger partial charge in [0.1, 0.15) is 11.5 Å². The van der Waals surface area contributed by atoms with Crippen LogP contribution in [-0.2, 0) is 11.2 Å². The van der Waals surface area contributed by atoms with E-state index in [-0.39, 0.29) is 29.2 Å². The molecule has 8 heteroatoms. The minimum atomic E-state index is -1.03. The summed E-state index contributed by atoms with van der Waals surface area (Å²) in [6.45, 7) is 0. The Morgan fingerprint density at radius 2 is 2.28 bits per heavy atom. The van der Waals surface area contributed by atoms with Crippen LogP contribution in [0, 0.1) is 29.1 Å². The third kappa shape index (κ3) is 5.37. The zero-order valence-electron chi connectivity index (χ0n) is 16.0. The Bertz CT molecular complexity index is 921. The molecule has 2 aromatic rings. The molecule has 3 rings (SSSR count). The average Bonchev–Trinajstić information content (AvgIpc) is 3.31. The van der Waals surface area contributed by atoms with Crippen molar-refractivity contribution < 1.29 is 19.4 Å². The molecule has 0 aliphatic heterocycles. The van der Waals surface area contributed by atoms with E-state index in [0.717, 1.165) is 30.6 Å². The number of carbonyl (C=O) groups is 2. The molecule has 1 aromatic carbocycles. The number of carboxylic acid groups (broad SMARTS) is 1. The summed E-state index contributed by atoms with van der Waals surface area (Å²) in [5.41, 5.74) is 1.18. The van der Waals surface area contributed by atoms with Gasteiger partial charge in [0.15, 0.2) is 10.0 Å². The number of carbonyl (C=O) groups excluding carboxylic acids is 1. The fourth-order valence-corrected chi connectivity index (χ4v) is 5.72. The summed E-state index contributed by atoms with van der Waals surface area (Å²) in [6, 6.07) is 10.2. The Balaban J connectivity index is 1.59. The predicted molar refractivity (Wildman–Crippen MR) is 111 cm³/mol. The van der Waals surface area contributed by atoms with Gasteiger partial charge in [-0.2, -0.15) is 5.26 Å². The molecule has 29 heavy (non-hydrogen) atoms. The molecule has 1 aliphatic carbocycles. The lowest BCUT2D eigenvalue weighted by Gasteiger charge is -2.20. The van der Waals surface area contributed by atoms with E-state index in [4.69, 9.17) is 9.84 Å². The van der Waals surface area contributed by atoms with Crippen LogP contribution in [0.3, 0.4) is 0 Å². The summed E-state index contributed by atoms with van der Waals surface area (Å²) in [5, 5.41) is 20.0. The molecule has 3 atom stereocenters. The van der Waals surface area contributed by atoms with Gasteiger partial charge >= 0.3 is 5.97 Å². The maximum atomic E-state index is 12.6. The van der Waals surface area contributed by atoms with Gasteiger partial charge in [-0.15, -0.1) is 11.3 Å². The lowest BCUT2D eigenvalue weighted by Crippen LogP contribution is -2.19. The summed E-state index contributed by atoms with van der Waals surface area (Å²) in [6.07, 6.45) is 2.55. The Kier molecular flexibility index (Phi) is 7.29. The van der Waals surface area contributed by atoms with E-state index >= 15 is 0 Å². The van der Waals surface area contributed by atoms with E-state index < -0.39 is 5.97 Å². The number of thioether (sulfide) groups is 1. The number of aromatic carboxylic acids is 1. The first-order valence-corrected chi connectivity index (χ1v) is 11.2. The Labute approximate surface area is 177 Å². The fourth-order valence-electron chi connectivity index (χ4n) is 3.81. The van der Waals surface area contributed by atoms with E-state index in [9.17, 15) is 14.9 Å². The molecule has 0 radical (unpaired) electrons. The third-order valence-electron chi connectivity index (χ3n) is 5.29. The maximum absolute atomic E-state index is 12.6. The van der Waals surface area contributed by atoms with Gasteiger partial charge in [0.2, 0.25) is 0 Å². The Morgan fingerprint density at radius 3 is 2.97 bits per heavy atom. The molecule has 6 nitrogen and oxygen atoms in total. The predicted octanol–water partition coefficient (Wildman–Crippen LogP) is 4.31. The largest absolute Gasteiger partial charge is 0.497 e. The molecule has 1 aromatic heterocycles. The first-order chi connectivity index (χ1) is 14.0. The van der Waals surface area contributed by atoms with Crippen LogP contribution in [0.15, 0.2) is 34.0 Å². The number of Topliss-reactive ketones (excluding diaryl/α,β-unsaturated/α-hetero) is 1. The lowest BCUT2D eigenvalue weighted by molar-refractivity contribution is -0.121. The van der Waals surface area contributed by atoms with Crippen LogP contribution >= 0.6 is 23.1 Å². The molecule has 152 valence electrons. The SMILES string of the molecule is COc1cccc(CC[C@H]2C(=O)CC(C#N)[C@@H]2CCSc2nc(C(=O)O)cs2)c1. The highest BCUT2D eigenvalue weighted by atomic mass is 32.2. The third-order valence-corrected chi connectivity index (χ3v) is 7.35. The number of nitriles is 1. The minimum Gasteiger partial charge on any atom is -0.497 e. The molecule has 0 amide bonds. The van der Waals surface area contributed by atoms with Crippen molar-refractivity contribution in [3.63, 3.8) is 0 Å². The van der Waals surface area contributed by atoms with Crippen LogP contribution in [0.25, 0.3) is 0 Å². The molecule has 0 spiro atoms. The van der Waals surface area contributed by atoms with Gasteiger partial charge in [0.05, 0.1) is 19.1 Å². The van der Waals surface area contributed by atoms with Crippen LogP contribution in [-0.4, -0.2) is 34.7 Å². The number of ketones is 1. The van der Waals surface area contributed by atoms with Crippen LogP contribution in [0.5, 0.6) is 5.75 Å². The van der Waals surface area contributed by atoms with E-state index in [1.54, 1.807) is 7.11 Å². The average molecular weight is 431 g/mol. The van der Waals surface area contributed by atoms with Crippen molar-refractivity contribution >= 4 is 34.9 Å². The zero-order valence-corrected chi connectivity index (χ0v) is 17.7. The van der Waals surface area contributed by atoms with Crippen LogP contribution in [0.1, 0.15) is 35.3 Å². The van der Waals surface area contributed by atoms with E-state index in [1.165, 1.54) is 28.5 Å². The van der Waals surface area contributed by atoms with Gasteiger partial charge < -0.3 is 9.84 Å². The standard InChI is InChI=1S/C21H22N2O4S2/c1-27-15-4-2-3-13(9-15)5-6-17-16(14(11-22)10-19(17)24)7-8-28-21-23-18(12-29-21)20(25)26/h2-4,9,12,14,16-17H,5-8,10H2,1H3,(H,25,26)/t14?,16-,17+/m0/s1. The molecule has 1 saturated carbocycles. The zero-order chi connectivity index (χ0) is 20.8.